The largest absolute Gasteiger partial charge is 0.350 e. The molecule has 2 amide bonds. The zero-order chi connectivity index (χ0) is 13.7. The molecule has 1 atom stereocenters. The minimum atomic E-state index is -0.310. The molecule has 0 aliphatic carbocycles. The second-order valence-corrected chi connectivity index (χ2v) is 6.06. The van der Waals surface area contributed by atoms with Gasteiger partial charge in [-0.2, -0.15) is 0 Å². The molecule has 1 aromatic rings. The standard InChI is InChI=1S/C13H20N2O3S/c1-10-6-7-11(19-10)9-15(2)13(16)14-18-12-5-3-4-8-17-12/h6-7,12H,3-5,8-9H2,1-2H3,(H,14,16)/t12-/m0/s1. The van der Waals surface area contributed by atoms with E-state index in [1.165, 1.54) is 4.88 Å². The Hall–Kier alpha value is -1.11. The lowest BCUT2D eigenvalue weighted by Gasteiger charge is -2.24. The Morgan fingerprint density at radius 3 is 3.05 bits per heavy atom. The first-order chi connectivity index (χ1) is 9.15. The Kier molecular flexibility index (Phi) is 5.18. The molecule has 1 aromatic heterocycles. The number of amides is 2. The summed E-state index contributed by atoms with van der Waals surface area (Å²) >= 11 is 1.69. The van der Waals surface area contributed by atoms with Crippen molar-refractivity contribution in [1.29, 1.82) is 0 Å². The molecule has 19 heavy (non-hydrogen) atoms. The average molecular weight is 284 g/mol. The van der Waals surface area contributed by atoms with Gasteiger partial charge in [0, 0.05) is 29.8 Å². The molecular weight excluding hydrogens is 264 g/mol. The van der Waals surface area contributed by atoms with Crippen LogP contribution in [0, 0.1) is 6.92 Å². The molecule has 2 rings (SSSR count). The normalized spacial score (nSPS) is 19.2. The number of nitrogens with zero attached hydrogens (tertiary/aromatic N) is 1. The van der Waals surface area contributed by atoms with Crippen molar-refractivity contribution in [2.75, 3.05) is 13.7 Å². The summed E-state index contributed by atoms with van der Waals surface area (Å²) in [6.07, 6.45) is 2.65. The first-order valence-electron chi connectivity index (χ1n) is 6.49. The maximum Gasteiger partial charge on any atom is 0.341 e. The van der Waals surface area contributed by atoms with Crippen molar-refractivity contribution in [3.8, 4) is 0 Å². The van der Waals surface area contributed by atoms with Crippen LogP contribution < -0.4 is 5.48 Å². The number of nitrogens with one attached hydrogen (secondary N) is 1. The van der Waals surface area contributed by atoms with Gasteiger partial charge >= 0.3 is 6.03 Å². The fourth-order valence-corrected chi connectivity index (χ4v) is 2.82. The first kappa shape index (κ1) is 14.3. The van der Waals surface area contributed by atoms with Gasteiger partial charge in [-0.15, -0.1) is 11.3 Å². The number of carbonyl (C=O) groups excluding carboxylic acids is 1. The summed E-state index contributed by atoms with van der Waals surface area (Å²) < 4.78 is 5.38. The number of ether oxygens (including phenoxy) is 1. The highest BCUT2D eigenvalue weighted by Crippen LogP contribution is 2.17. The zero-order valence-electron chi connectivity index (χ0n) is 11.3. The topological polar surface area (TPSA) is 50.8 Å². The van der Waals surface area contributed by atoms with Crippen LogP contribution in [0.4, 0.5) is 4.79 Å². The molecule has 0 spiro atoms. The van der Waals surface area contributed by atoms with Crippen LogP contribution in [0.2, 0.25) is 0 Å². The van der Waals surface area contributed by atoms with Crippen LogP contribution in [-0.4, -0.2) is 30.9 Å². The van der Waals surface area contributed by atoms with Crippen molar-refractivity contribution >= 4 is 17.4 Å². The van der Waals surface area contributed by atoms with Crippen LogP contribution in [0.1, 0.15) is 29.0 Å². The number of rotatable bonds is 4. The Labute approximate surface area is 117 Å². The van der Waals surface area contributed by atoms with Crippen molar-refractivity contribution < 1.29 is 14.4 Å². The van der Waals surface area contributed by atoms with E-state index >= 15 is 0 Å². The van der Waals surface area contributed by atoms with E-state index < -0.39 is 0 Å². The molecule has 1 fully saturated rings. The Bertz CT molecular complexity index is 416. The van der Waals surface area contributed by atoms with Gasteiger partial charge in [0.1, 0.15) is 0 Å². The Morgan fingerprint density at radius 2 is 2.42 bits per heavy atom. The van der Waals surface area contributed by atoms with Crippen molar-refractivity contribution in [3.05, 3.63) is 21.9 Å². The highest BCUT2D eigenvalue weighted by Gasteiger charge is 2.17. The van der Waals surface area contributed by atoms with Crippen LogP contribution in [0.25, 0.3) is 0 Å². The quantitative estimate of drug-likeness (QED) is 0.865. The predicted octanol–water partition coefficient (Wildman–Crippen LogP) is 2.66. The summed E-state index contributed by atoms with van der Waals surface area (Å²) in [4.78, 5) is 21.1. The molecule has 1 saturated heterocycles. The lowest BCUT2D eigenvalue weighted by atomic mass is 10.2. The lowest BCUT2D eigenvalue weighted by Crippen LogP contribution is -2.40. The molecule has 0 aromatic carbocycles. The molecular formula is C13H20N2O3S. The van der Waals surface area contributed by atoms with E-state index in [-0.39, 0.29) is 12.3 Å². The molecule has 0 bridgehead atoms. The number of aryl methyl sites for hydroxylation is 1. The summed E-state index contributed by atoms with van der Waals surface area (Å²) in [5.74, 6) is 0. The van der Waals surface area contributed by atoms with E-state index in [9.17, 15) is 4.79 Å². The number of carbonyl (C=O) groups is 1. The number of hydrogen-bond acceptors (Lipinski definition) is 4. The predicted molar refractivity (Wildman–Crippen MR) is 73.7 cm³/mol. The third kappa shape index (κ3) is 4.49. The number of urea groups is 1. The van der Waals surface area contributed by atoms with Gasteiger partial charge in [-0.1, -0.05) is 0 Å². The summed E-state index contributed by atoms with van der Waals surface area (Å²) in [7, 11) is 1.75. The van der Waals surface area contributed by atoms with Crippen LogP contribution in [-0.2, 0) is 16.1 Å². The van der Waals surface area contributed by atoms with Gasteiger partial charge in [0.2, 0.25) is 0 Å². The summed E-state index contributed by atoms with van der Waals surface area (Å²) in [6.45, 7) is 3.34. The molecule has 1 aliphatic rings. The van der Waals surface area contributed by atoms with Gasteiger partial charge < -0.3 is 9.64 Å². The molecule has 106 valence electrons. The van der Waals surface area contributed by atoms with Crippen molar-refractivity contribution in [3.63, 3.8) is 0 Å². The fourth-order valence-electron chi connectivity index (χ4n) is 1.87. The van der Waals surface area contributed by atoms with Crippen LogP contribution in [0.15, 0.2) is 12.1 Å². The number of thiophene rings is 1. The minimum Gasteiger partial charge on any atom is -0.350 e. The van der Waals surface area contributed by atoms with Crippen molar-refractivity contribution in [2.45, 2.75) is 39.0 Å². The van der Waals surface area contributed by atoms with Crippen LogP contribution in [0.5, 0.6) is 0 Å². The molecule has 5 nitrogen and oxygen atoms in total. The third-order valence-corrected chi connectivity index (χ3v) is 3.94. The average Bonchev–Trinajstić information content (AvgIpc) is 2.82. The van der Waals surface area contributed by atoms with Crippen molar-refractivity contribution in [1.82, 2.24) is 10.4 Å². The van der Waals surface area contributed by atoms with E-state index in [2.05, 4.69) is 18.5 Å². The Balaban J connectivity index is 1.72. The van der Waals surface area contributed by atoms with Gasteiger partial charge in [0.15, 0.2) is 6.29 Å². The SMILES string of the molecule is Cc1ccc(CN(C)C(=O)NO[C@H]2CCCCO2)s1. The number of hydrogen-bond donors (Lipinski definition) is 1. The van der Waals surface area contributed by atoms with E-state index in [0.29, 0.717) is 13.2 Å². The highest BCUT2D eigenvalue weighted by molar-refractivity contribution is 7.11. The van der Waals surface area contributed by atoms with E-state index in [1.807, 2.05) is 6.07 Å². The molecule has 0 radical (unpaired) electrons. The van der Waals surface area contributed by atoms with Gasteiger partial charge in [-0.3, -0.25) is 0 Å². The molecule has 0 unspecified atom stereocenters. The second-order valence-electron chi connectivity index (χ2n) is 4.69. The monoisotopic (exact) mass is 284 g/mol. The molecule has 1 N–H and O–H groups in total. The van der Waals surface area contributed by atoms with E-state index in [1.54, 1.807) is 23.3 Å². The lowest BCUT2D eigenvalue weighted by molar-refractivity contribution is -0.187. The maximum absolute atomic E-state index is 11.8. The van der Waals surface area contributed by atoms with E-state index in [0.717, 1.165) is 24.1 Å². The first-order valence-corrected chi connectivity index (χ1v) is 7.30. The highest BCUT2D eigenvalue weighted by atomic mass is 32.1. The zero-order valence-corrected chi connectivity index (χ0v) is 12.2. The molecule has 2 heterocycles. The molecule has 6 heteroatoms. The second kappa shape index (κ2) is 6.88. The summed E-state index contributed by atoms with van der Waals surface area (Å²) in [5, 5.41) is 0. The third-order valence-electron chi connectivity index (χ3n) is 2.95. The minimum absolute atomic E-state index is 0.250. The summed E-state index contributed by atoms with van der Waals surface area (Å²) in [5.41, 5.74) is 2.45. The maximum atomic E-state index is 11.8. The van der Waals surface area contributed by atoms with Gasteiger partial charge in [-0.05, 0) is 31.9 Å². The van der Waals surface area contributed by atoms with Crippen molar-refractivity contribution in [2.24, 2.45) is 0 Å². The van der Waals surface area contributed by atoms with Gasteiger partial charge in [-0.25, -0.2) is 15.1 Å². The molecule has 1 aliphatic heterocycles. The van der Waals surface area contributed by atoms with E-state index in [4.69, 9.17) is 9.57 Å². The Morgan fingerprint density at radius 1 is 1.58 bits per heavy atom. The molecule has 0 saturated carbocycles. The van der Waals surface area contributed by atoms with Crippen LogP contribution in [0.3, 0.4) is 0 Å². The summed E-state index contributed by atoms with van der Waals surface area (Å²) in [6, 6.07) is 3.84. The van der Waals surface area contributed by atoms with Crippen LogP contribution >= 0.6 is 11.3 Å². The fraction of sp³-hybridized carbons (Fsp3) is 0.615. The van der Waals surface area contributed by atoms with Gasteiger partial charge in [0.25, 0.3) is 0 Å². The number of hydroxylamine groups is 1. The van der Waals surface area contributed by atoms with Gasteiger partial charge in [0.05, 0.1) is 6.54 Å². The smallest absolute Gasteiger partial charge is 0.341 e.